The van der Waals surface area contributed by atoms with E-state index in [1.807, 2.05) is 19.3 Å². The van der Waals surface area contributed by atoms with Gasteiger partial charge in [-0.1, -0.05) is 0 Å². The first-order chi connectivity index (χ1) is 6.75. The van der Waals surface area contributed by atoms with Crippen LogP contribution in [0.3, 0.4) is 0 Å². The molecule has 0 saturated heterocycles. The highest BCUT2D eigenvalue weighted by Crippen LogP contribution is 2.20. The minimum Gasteiger partial charge on any atom is -0.387 e. The minimum absolute atomic E-state index is 0.489. The van der Waals surface area contributed by atoms with Crippen molar-refractivity contribution in [2.45, 2.75) is 12.5 Å². The van der Waals surface area contributed by atoms with Crippen LogP contribution in [0.5, 0.6) is 0 Å². The van der Waals surface area contributed by atoms with Gasteiger partial charge in [-0.2, -0.15) is 5.10 Å². The lowest BCUT2D eigenvalue weighted by Gasteiger charge is -2.04. The molecule has 0 bridgehead atoms. The summed E-state index contributed by atoms with van der Waals surface area (Å²) < 4.78 is 1.73. The molecule has 0 aliphatic heterocycles. The first kappa shape index (κ1) is 9.36. The normalized spacial score (nSPS) is 13.0. The molecule has 1 atom stereocenters. The monoisotopic (exact) mass is 209 g/mol. The van der Waals surface area contributed by atoms with Gasteiger partial charge >= 0.3 is 0 Å². The van der Waals surface area contributed by atoms with E-state index in [1.165, 1.54) is 11.3 Å². The number of hydrogen-bond acceptors (Lipinski definition) is 4. The number of nitrogens with zero attached hydrogens (tertiary/aromatic N) is 3. The Labute approximate surface area is 85.8 Å². The van der Waals surface area contributed by atoms with Crippen LogP contribution < -0.4 is 0 Å². The van der Waals surface area contributed by atoms with E-state index in [0.29, 0.717) is 6.42 Å². The fourth-order valence-corrected chi connectivity index (χ4v) is 1.87. The van der Waals surface area contributed by atoms with Crippen molar-refractivity contribution in [3.05, 3.63) is 34.5 Å². The Balaban J connectivity index is 2.05. The molecule has 0 aromatic carbocycles. The summed E-state index contributed by atoms with van der Waals surface area (Å²) in [5.74, 6) is 0. The van der Waals surface area contributed by atoms with Gasteiger partial charge in [-0.05, 0) is 6.07 Å². The zero-order chi connectivity index (χ0) is 9.97. The third kappa shape index (κ3) is 2.00. The number of rotatable bonds is 3. The SMILES string of the molecule is Cn1ccc(CC(O)c2cncs2)n1. The van der Waals surface area contributed by atoms with E-state index in [1.54, 1.807) is 16.4 Å². The molecule has 0 radical (unpaired) electrons. The van der Waals surface area contributed by atoms with Crippen molar-refractivity contribution in [2.75, 3.05) is 0 Å². The van der Waals surface area contributed by atoms with Crippen molar-refractivity contribution >= 4 is 11.3 Å². The second kappa shape index (κ2) is 3.89. The largest absolute Gasteiger partial charge is 0.387 e. The van der Waals surface area contributed by atoms with Gasteiger partial charge in [0.15, 0.2) is 0 Å². The van der Waals surface area contributed by atoms with Gasteiger partial charge in [0.2, 0.25) is 0 Å². The Bertz CT molecular complexity index is 396. The van der Waals surface area contributed by atoms with E-state index in [2.05, 4.69) is 10.1 Å². The number of thiazole rings is 1. The van der Waals surface area contributed by atoms with Crippen LogP contribution in [0.15, 0.2) is 24.0 Å². The Morgan fingerprint density at radius 3 is 3.07 bits per heavy atom. The third-order valence-corrected chi connectivity index (χ3v) is 2.83. The average Bonchev–Trinajstić information content (AvgIpc) is 2.75. The van der Waals surface area contributed by atoms with Crippen molar-refractivity contribution in [1.29, 1.82) is 0 Å². The van der Waals surface area contributed by atoms with Gasteiger partial charge in [0.05, 0.1) is 22.2 Å². The van der Waals surface area contributed by atoms with Crippen LogP contribution in [-0.2, 0) is 13.5 Å². The molecule has 0 saturated carbocycles. The molecule has 2 aromatic rings. The lowest BCUT2D eigenvalue weighted by atomic mass is 10.2. The molecule has 4 nitrogen and oxygen atoms in total. The first-order valence-electron chi connectivity index (χ1n) is 4.30. The lowest BCUT2D eigenvalue weighted by Crippen LogP contribution is -2.01. The molecule has 2 rings (SSSR count). The van der Waals surface area contributed by atoms with Crippen LogP contribution in [0.25, 0.3) is 0 Å². The second-order valence-corrected chi connectivity index (χ2v) is 4.02. The maximum atomic E-state index is 9.79. The molecule has 0 fully saturated rings. The topological polar surface area (TPSA) is 50.9 Å². The van der Waals surface area contributed by atoms with Crippen molar-refractivity contribution in [3.8, 4) is 0 Å². The Kier molecular flexibility index (Phi) is 2.60. The summed E-state index contributed by atoms with van der Waals surface area (Å²) in [6.45, 7) is 0. The summed E-state index contributed by atoms with van der Waals surface area (Å²) in [6.07, 6.45) is 3.62. The highest BCUT2D eigenvalue weighted by molar-refractivity contribution is 7.09. The van der Waals surface area contributed by atoms with E-state index < -0.39 is 6.10 Å². The molecule has 0 spiro atoms. The fraction of sp³-hybridized carbons (Fsp3) is 0.333. The van der Waals surface area contributed by atoms with Gasteiger partial charge in [0, 0.05) is 25.9 Å². The van der Waals surface area contributed by atoms with Gasteiger partial charge in [0.1, 0.15) is 0 Å². The number of aliphatic hydroxyl groups is 1. The van der Waals surface area contributed by atoms with Crippen molar-refractivity contribution in [3.63, 3.8) is 0 Å². The molecule has 74 valence electrons. The summed E-state index contributed by atoms with van der Waals surface area (Å²) in [6, 6.07) is 1.91. The standard InChI is InChI=1S/C9H11N3OS/c1-12-3-2-7(11-12)4-8(13)9-5-10-6-14-9/h2-3,5-6,8,13H,4H2,1H3. The van der Waals surface area contributed by atoms with Crippen molar-refractivity contribution in [1.82, 2.24) is 14.8 Å². The molecule has 2 heterocycles. The predicted molar refractivity (Wildman–Crippen MR) is 54.0 cm³/mol. The van der Waals surface area contributed by atoms with Crippen LogP contribution in [-0.4, -0.2) is 19.9 Å². The van der Waals surface area contributed by atoms with Crippen LogP contribution in [0.4, 0.5) is 0 Å². The number of aliphatic hydroxyl groups excluding tert-OH is 1. The van der Waals surface area contributed by atoms with Gasteiger partial charge < -0.3 is 5.11 Å². The van der Waals surface area contributed by atoms with Gasteiger partial charge in [0.25, 0.3) is 0 Å². The zero-order valence-electron chi connectivity index (χ0n) is 7.79. The van der Waals surface area contributed by atoms with E-state index in [4.69, 9.17) is 0 Å². The van der Waals surface area contributed by atoms with E-state index in [0.717, 1.165) is 10.6 Å². The maximum Gasteiger partial charge on any atom is 0.0953 e. The summed E-state index contributed by atoms with van der Waals surface area (Å²) in [5, 5.41) is 14.0. The maximum absolute atomic E-state index is 9.79. The zero-order valence-corrected chi connectivity index (χ0v) is 8.61. The molecule has 5 heteroatoms. The predicted octanol–water partition coefficient (Wildman–Crippen LogP) is 1.15. The Morgan fingerprint density at radius 2 is 2.50 bits per heavy atom. The van der Waals surface area contributed by atoms with Crippen LogP contribution in [0.1, 0.15) is 16.7 Å². The van der Waals surface area contributed by atoms with Gasteiger partial charge in [-0.3, -0.25) is 9.67 Å². The molecule has 1 unspecified atom stereocenters. The average molecular weight is 209 g/mol. The lowest BCUT2D eigenvalue weighted by molar-refractivity contribution is 0.180. The van der Waals surface area contributed by atoms with Crippen molar-refractivity contribution in [2.24, 2.45) is 7.05 Å². The molecular formula is C9H11N3OS. The number of hydrogen-bond donors (Lipinski definition) is 1. The van der Waals surface area contributed by atoms with Crippen molar-refractivity contribution < 1.29 is 5.11 Å². The number of aromatic nitrogens is 3. The first-order valence-corrected chi connectivity index (χ1v) is 5.18. The van der Waals surface area contributed by atoms with Crippen LogP contribution >= 0.6 is 11.3 Å². The Morgan fingerprint density at radius 1 is 1.64 bits per heavy atom. The molecule has 2 aromatic heterocycles. The van der Waals surface area contributed by atoms with Gasteiger partial charge in [-0.15, -0.1) is 11.3 Å². The summed E-state index contributed by atoms with van der Waals surface area (Å²) in [4.78, 5) is 4.81. The van der Waals surface area contributed by atoms with Crippen LogP contribution in [0.2, 0.25) is 0 Å². The molecule has 1 N–H and O–H groups in total. The molecule has 0 amide bonds. The third-order valence-electron chi connectivity index (χ3n) is 1.95. The van der Waals surface area contributed by atoms with Gasteiger partial charge in [-0.25, -0.2) is 0 Å². The highest BCUT2D eigenvalue weighted by Gasteiger charge is 2.11. The quantitative estimate of drug-likeness (QED) is 0.825. The summed E-state index contributed by atoms with van der Waals surface area (Å²) in [7, 11) is 1.86. The number of aryl methyl sites for hydroxylation is 1. The van der Waals surface area contributed by atoms with E-state index in [-0.39, 0.29) is 0 Å². The van der Waals surface area contributed by atoms with E-state index in [9.17, 15) is 5.11 Å². The van der Waals surface area contributed by atoms with E-state index >= 15 is 0 Å². The molecule has 14 heavy (non-hydrogen) atoms. The van der Waals surface area contributed by atoms with Crippen LogP contribution in [0, 0.1) is 0 Å². The summed E-state index contributed by atoms with van der Waals surface area (Å²) in [5.41, 5.74) is 2.62. The minimum atomic E-state index is -0.489. The molecule has 0 aliphatic carbocycles. The Hall–Kier alpha value is -1.20. The molecular weight excluding hydrogens is 198 g/mol. The fourth-order valence-electron chi connectivity index (χ4n) is 1.26. The summed E-state index contributed by atoms with van der Waals surface area (Å²) >= 11 is 1.46. The smallest absolute Gasteiger partial charge is 0.0953 e. The molecule has 0 aliphatic rings. The highest BCUT2D eigenvalue weighted by atomic mass is 32.1. The second-order valence-electron chi connectivity index (χ2n) is 3.10.